The number of carbonyl (C=O) groups is 1. The summed E-state index contributed by atoms with van der Waals surface area (Å²) in [5, 5.41) is 9.11. The smallest absolute Gasteiger partial charge is 0.408 e. The number of carboxylic acids is 1. The van der Waals surface area contributed by atoms with E-state index in [0.29, 0.717) is 17.7 Å². The van der Waals surface area contributed by atoms with E-state index in [2.05, 4.69) is 0 Å². The van der Waals surface area contributed by atoms with E-state index in [9.17, 15) is 18.0 Å². The minimum absolute atomic E-state index is 0.00355. The summed E-state index contributed by atoms with van der Waals surface area (Å²) in [6, 6.07) is 29.9. The first kappa shape index (κ1) is 30.2. The molecular formula is C33H31ClF3NO3. The zero-order valence-corrected chi connectivity index (χ0v) is 23.1. The molecular weight excluding hydrogens is 551 g/mol. The van der Waals surface area contributed by atoms with E-state index in [1.807, 2.05) is 60.7 Å². The van der Waals surface area contributed by atoms with E-state index in [1.165, 1.54) is 17.0 Å². The number of rotatable bonds is 13. The molecule has 214 valence electrons. The fourth-order valence-electron chi connectivity index (χ4n) is 4.99. The summed E-state index contributed by atoms with van der Waals surface area (Å²) in [5.74, 6) is -0.805. The van der Waals surface area contributed by atoms with Gasteiger partial charge in [0.25, 0.3) is 0 Å². The number of carboxylic acid groups (broad SMARTS) is 1. The topological polar surface area (TPSA) is 49.8 Å². The molecule has 0 saturated carbocycles. The van der Waals surface area contributed by atoms with Crippen molar-refractivity contribution in [1.29, 1.82) is 0 Å². The first-order chi connectivity index (χ1) is 19.7. The molecule has 0 radical (unpaired) electrons. The number of hydrogen-bond donors (Lipinski definition) is 1. The molecule has 0 aliphatic heterocycles. The van der Waals surface area contributed by atoms with Gasteiger partial charge >= 0.3 is 12.1 Å². The Morgan fingerprint density at radius 3 is 2.05 bits per heavy atom. The fraction of sp³-hybridized carbons (Fsp3) is 0.242. The van der Waals surface area contributed by atoms with Crippen molar-refractivity contribution in [3.63, 3.8) is 0 Å². The molecule has 4 aromatic rings. The Morgan fingerprint density at radius 1 is 0.854 bits per heavy atom. The molecule has 1 atom stereocenters. The highest BCUT2D eigenvalue weighted by atomic mass is 35.5. The summed E-state index contributed by atoms with van der Waals surface area (Å²) in [6.07, 6.45) is -4.43. The maximum atomic E-state index is 14.8. The van der Waals surface area contributed by atoms with Crippen LogP contribution in [0.2, 0.25) is 5.02 Å². The third kappa shape index (κ3) is 8.59. The van der Waals surface area contributed by atoms with Gasteiger partial charge in [-0.3, -0.25) is 9.69 Å². The zero-order valence-electron chi connectivity index (χ0n) is 22.3. The minimum atomic E-state index is -4.59. The number of halogens is 4. The number of ether oxygens (including phenoxy) is 1. The lowest BCUT2D eigenvalue weighted by Crippen LogP contribution is -2.42. The van der Waals surface area contributed by atoms with Crippen LogP contribution in [0.1, 0.15) is 40.6 Å². The first-order valence-corrected chi connectivity index (χ1v) is 13.7. The largest absolute Gasteiger partial charge is 0.494 e. The van der Waals surface area contributed by atoms with E-state index < -0.39 is 18.2 Å². The lowest BCUT2D eigenvalue weighted by atomic mass is 9.89. The average Bonchev–Trinajstić information content (AvgIpc) is 2.95. The fourth-order valence-corrected chi connectivity index (χ4v) is 5.23. The quantitative estimate of drug-likeness (QED) is 0.162. The van der Waals surface area contributed by atoms with Crippen LogP contribution in [0.25, 0.3) is 0 Å². The first-order valence-electron chi connectivity index (χ1n) is 13.3. The number of aliphatic carboxylic acids is 1. The molecule has 0 bridgehead atoms. The SMILES string of the molecule is O=C(O)Cc1cccc(OCCCN(CC(c2ccccc2)c2ccccc2)C(c2ccccc2Cl)C(F)(F)F)c1. The molecule has 0 aromatic heterocycles. The van der Waals surface area contributed by atoms with Gasteiger partial charge in [-0.1, -0.05) is 103 Å². The van der Waals surface area contributed by atoms with Crippen molar-refractivity contribution in [2.75, 3.05) is 19.7 Å². The van der Waals surface area contributed by atoms with Crippen LogP contribution in [-0.2, 0) is 11.2 Å². The molecule has 0 heterocycles. The van der Waals surface area contributed by atoms with Crippen LogP contribution in [0.15, 0.2) is 109 Å². The summed E-state index contributed by atoms with van der Waals surface area (Å²) in [7, 11) is 0. The zero-order chi connectivity index (χ0) is 29.2. The molecule has 0 aliphatic carbocycles. The second-order valence-corrected chi connectivity index (χ2v) is 10.2. The molecule has 8 heteroatoms. The highest BCUT2D eigenvalue weighted by Gasteiger charge is 2.46. The van der Waals surface area contributed by atoms with E-state index in [1.54, 1.807) is 36.4 Å². The third-order valence-electron chi connectivity index (χ3n) is 6.81. The second-order valence-electron chi connectivity index (χ2n) is 9.75. The Hall–Kier alpha value is -3.81. The van der Waals surface area contributed by atoms with Crippen molar-refractivity contribution in [1.82, 2.24) is 4.90 Å². The Morgan fingerprint density at radius 2 is 1.46 bits per heavy atom. The van der Waals surface area contributed by atoms with Gasteiger partial charge in [0.05, 0.1) is 13.0 Å². The Kier molecular flexibility index (Phi) is 10.4. The van der Waals surface area contributed by atoms with Crippen LogP contribution in [-0.4, -0.2) is 41.8 Å². The predicted molar refractivity (Wildman–Crippen MR) is 154 cm³/mol. The van der Waals surface area contributed by atoms with E-state index in [4.69, 9.17) is 21.4 Å². The highest BCUT2D eigenvalue weighted by Crippen LogP contribution is 2.42. The lowest BCUT2D eigenvalue weighted by molar-refractivity contribution is -0.187. The van der Waals surface area contributed by atoms with Crippen molar-refractivity contribution >= 4 is 17.6 Å². The van der Waals surface area contributed by atoms with Crippen LogP contribution >= 0.6 is 11.6 Å². The van der Waals surface area contributed by atoms with Gasteiger partial charge in [-0.05, 0) is 46.9 Å². The standard InChI is InChI=1S/C33H31ClF3NO3/c34-30-18-8-7-17-28(30)32(33(35,36)37)38(19-10-20-41-27-16-9-11-24(21-27)22-31(39)40)23-29(25-12-3-1-4-13-25)26-14-5-2-6-15-26/h1-9,11-18,21,29,32H,10,19-20,22-23H2,(H,39,40). The molecule has 0 fully saturated rings. The summed E-state index contributed by atoms with van der Waals surface area (Å²) in [6.45, 7) is 0.333. The molecule has 4 rings (SSSR count). The molecule has 0 aliphatic rings. The molecule has 1 N–H and O–H groups in total. The molecule has 4 aromatic carbocycles. The Labute approximate surface area is 243 Å². The molecule has 0 amide bonds. The van der Waals surface area contributed by atoms with E-state index >= 15 is 0 Å². The van der Waals surface area contributed by atoms with Crippen molar-refractivity contribution in [2.24, 2.45) is 0 Å². The van der Waals surface area contributed by atoms with Gasteiger partial charge in [0.2, 0.25) is 0 Å². The van der Waals surface area contributed by atoms with Crippen LogP contribution in [0.3, 0.4) is 0 Å². The normalized spacial score (nSPS) is 12.4. The van der Waals surface area contributed by atoms with Crippen molar-refractivity contribution in [3.05, 3.63) is 136 Å². The maximum absolute atomic E-state index is 14.8. The van der Waals surface area contributed by atoms with E-state index in [0.717, 1.165) is 11.1 Å². The number of nitrogens with zero attached hydrogens (tertiary/aromatic N) is 1. The summed E-state index contributed by atoms with van der Waals surface area (Å²) in [5.41, 5.74) is 2.41. The minimum Gasteiger partial charge on any atom is -0.494 e. The highest BCUT2D eigenvalue weighted by molar-refractivity contribution is 6.31. The van der Waals surface area contributed by atoms with Gasteiger partial charge in [-0.2, -0.15) is 13.2 Å². The number of benzene rings is 4. The van der Waals surface area contributed by atoms with Crippen LogP contribution in [0.5, 0.6) is 5.75 Å². The molecule has 1 unspecified atom stereocenters. The van der Waals surface area contributed by atoms with Crippen molar-refractivity contribution in [2.45, 2.75) is 31.0 Å². The molecule has 0 saturated heterocycles. The van der Waals surface area contributed by atoms with Crippen molar-refractivity contribution < 1.29 is 27.8 Å². The van der Waals surface area contributed by atoms with Gasteiger partial charge in [0, 0.05) is 24.0 Å². The third-order valence-corrected chi connectivity index (χ3v) is 7.15. The van der Waals surface area contributed by atoms with Gasteiger partial charge in [-0.25, -0.2) is 0 Å². The summed E-state index contributed by atoms with van der Waals surface area (Å²) < 4.78 is 50.3. The van der Waals surface area contributed by atoms with Crippen molar-refractivity contribution in [3.8, 4) is 5.75 Å². The summed E-state index contributed by atoms with van der Waals surface area (Å²) >= 11 is 6.34. The monoisotopic (exact) mass is 581 g/mol. The Bertz CT molecular complexity index is 1360. The van der Waals surface area contributed by atoms with Crippen LogP contribution in [0, 0.1) is 0 Å². The average molecular weight is 582 g/mol. The van der Waals surface area contributed by atoms with Gasteiger partial charge in [-0.15, -0.1) is 0 Å². The predicted octanol–water partition coefficient (Wildman–Crippen LogP) is 8.17. The van der Waals surface area contributed by atoms with Gasteiger partial charge in [0.15, 0.2) is 0 Å². The molecule has 4 nitrogen and oxygen atoms in total. The van der Waals surface area contributed by atoms with Gasteiger partial charge < -0.3 is 9.84 Å². The number of alkyl halides is 3. The lowest BCUT2D eigenvalue weighted by Gasteiger charge is -2.36. The number of hydrogen-bond acceptors (Lipinski definition) is 3. The van der Waals surface area contributed by atoms with Crippen LogP contribution in [0.4, 0.5) is 13.2 Å². The maximum Gasteiger partial charge on any atom is 0.408 e. The van der Waals surface area contributed by atoms with E-state index in [-0.39, 0.29) is 42.6 Å². The Balaban J connectivity index is 1.62. The van der Waals surface area contributed by atoms with Crippen LogP contribution < -0.4 is 4.74 Å². The second kappa shape index (κ2) is 14.2. The molecule has 0 spiro atoms. The summed E-state index contributed by atoms with van der Waals surface area (Å²) in [4.78, 5) is 12.5. The molecule has 41 heavy (non-hydrogen) atoms. The van der Waals surface area contributed by atoms with Gasteiger partial charge in [0.1, 0.15) is 11.8 Å².